The molecule has 3 N–H and O–H groups in total. The third-order valence-electron chi connectivity index (χ3n) is 4.32. The van der Waals surface area contributed by atoms with E-state index in [0.29, 0.717) is 5.69 Å². The van der Waals surface area contributed by atoms with Crippen molar-refractivity contribution in [2.45, 2.75) is 45.6 Å². The van der Waals surface area contributed by atoms with E-state index in [1.165, 1.54) is 18.6 Å². The highest BCUT2D eigenvalue weighted by Gasteiger charge is 2.33. The molecule has 2 rings (SSSR count). The second-order valence-electron chi connectivity index (χ2n) is 6.28. The van der Waals surface area contributed by atoms with E-state index in [0.717, 1.165) is 19.3 Å². The summed E-state index contributed by atoms with van der Waals surface area (Å²) in [5, 5.41) is 14.5. The van der Waals surface area contributed by atoms with Crippen LogP contribution in [0.3, 0.4) is 0 Å². The van der Waals surface area contributed by atoms with Gasteiger partial charge in [0.05, 0.1) is 4.92 Å². The molecule has 0 bridgehead atoms. The van der Waals surface area contributed by atoms with Crippen LogP contribution in [0.2, 0.25) is 0 Å². The van der Waals surface area contributed by atoms with Gasteiger partial charge in [-0.05, 0) is 30.4 Å². The molecule has 21 heavy (non-hydrogen) atoms. The lowest BCUT2D eigenvalue weighted by atomic mass is 9.73. The smallest absolute Gasteiger partial charge is 0.293 e. The van der Waals surface area contributed by atoms with Gasteiger partial charge in [-0.25, -0.2) is 0 Å². The lowest BCUT2D eigenvalue weighted by Gasteiger charge is -2.39. The Morgan fingerprint density at radius 3 is 2.71 bits per heavy atom. The number of carbonyl (C=O) groups excluding carboxylic acids is 1. The second-order valence-corrected chi connectivity index (χ2v) is 6.28. The van der Waals surface area contributed by atoms with Gasteiger partial charge in [-0.1, -0.05) is 26.7 Å². The van der Waals surface area contributed by atoms with Gasteiger partial charge in [0.15, 0.2) is 0 Å². The molecule has 1 fully saturated rings. The summed E-state index contributed by atoms with van der Waals surface area (Å²) >= 11 is 0. The number of nitro benzene ring substituents is 1. The van der Waals surface area contributed by atoms with E-state index < -0.39 is 10.8 Å². The van der Waals surface area contributed by atoms with Gasteiger partial charge in [-0.2, -0.15) is 0 Å². The number of primary amides is 1. The van der Waals surface area contributed by atoms with Crippen molar-refractivity contribution in [3.05, 3.63) is 33.9 Å². The molecule has 1 unspecified atom stereocenters. The first-order valence-electron chi connectivity index (χ1n) is 7.16. The summed E-state index contributed by atoms with van der Waals surface area (Å²) in [7, 11) is 0. The summed E-state index contributed by atoms with van der Waals surface area (Å²) in [5.74, 6) is -0.664. The van der Waals surface area contributed by atoms with E-state index in [1.807, 2.05) is 0 Å². The summed E-state index contributed by atoms with van der Waals surface area (Å²) in [5.41, 5.74) is 5.76. The third kappa shape index (κ3) is 3.32. The fraction of sp³-hybridized carbons (Fsp3) is 0.533. The molecule has 6 nitrogen and oxygen atoms in total. The first-order chi connectivity index (χ1) is 9.81. The minimum Gasteiger partial charge on any atom is -0.376 e. The Kier molecular flexibility index (Phi) is 4.16. The summed E-state index contributed by atoms with van der Waals surface area (Å²) in [6, 6.07) is 4.51. The zero-order valence-corrected chi connectivity index (χ0v) is 12.4. The number of nitrogens with zero attached hydrogens (tertiary/aromatic N) is 1. The molecule has 0 radical (unpaired) electrons. The van der Waals surface area contributed by atoms with E-state index >= 15 is 0 Å². The number of nitrogens with two attached hydrogens (primary N) is 1. The number of nitrogens with one attached hydrogen (secondary N) is 1. The Morgan fingerprint density at radius 2 is 2.14 bits per heavy atom. The predicted octanol–water partition coefficient (Wildman–Crippen LogP) is 3.07. The largest absolute Gasteiger partial charge is 0.376 e. The molecule has 1 aliphatic rings. The topological polar surface area (TPSA) is 98.3 Å². The average Bonchev–Trinajstić information content (AvgIpc) is 2.41. The Labute approximate surface area is 123 Å². The summed E-state index contributed by atoms with van der Waals surface area (Å²) in [6.07, 6.45) is 4.39. The zero-order chi connectivity index (χ0) is 15.6. The predicted molar refractivity (Wildman–Crippen MR) is 81.3 cm³/mol. The van der Waals surface area contributed by atoms with Gasteiger partial charge in [0, 0.05) is 17.7 Å². The van der Waals surface area contributed by atoms with Crippen molar-refractivity contribution in [2.75, 3.05) is 5.32 Å². The van der Waals surface area contributed by atoms with Gasteiger partial charge in [-0.3, -0.25) is 14.9 Å². The quantitative estimate of drug-likeness (QED) is 0.657. The van der Waals surface area contributed by atoms with Crippen LogP contribution in [0.25, 0.3) is 0 Å². The Morgan fingerprint density at radius 1 is 1.43 bits per heavy atom. The number of nitro groups is 1. The Hall–Kier alpha value is -2.11. The normalized spacial score (nSPS) is 20.8. The van der Waals surface area contributed by atoms with Crippen LogP contribution in [0.15, 0.2) is 18.2 Å². The SMILES string of the molecule is CC1(C)CCCCC1Nc1ccc(C(N)=O)cc1[N+](=O)[O-]. The maximum atomic E-state index is 11.2. The van der Waals surface area contributed by atoms with E-state index in [-0.39, 0.29) is 22.7 Å². The zero-order valence-electron chi connectivity index (χ0n) is 12.4. The van der Waals surface area contributed by atoms with Crippen molar-refractivity contribution in [2.24, 2.45) is 11.1 Å². The number of rotatable bonds is 4. The molecule has 0 spiro atoms. The summed E-state index contributed by atoms with van der Waals surface area (Å²) < 4.78 is 0. The molecule has 1 amide bonds. The van der Waals surface area contributed by atoms with Crippen molar-refractivity contribution in [1.29, 1.82) is 0 Å². The average molecular weight is 291 g/mol. The van der Waals surface area contributed by atoms with Crippen molar-refractivity contribution in [3.8, 4) is 0 Å². The van der Waals surface area contributed by atoms with Gasteiger partial charge in [0.1, 0.15) is 5.69 Å². The van der Waals surface area contributed by atoms with Crippen LogP contribution < -0.4 is 11.1 Å². The van der Waals surface area contributed by atoms with Gasteiger partial charge in [0.25, 0.3) is 5.69 Å². The first-order valence-corrected chi connectivity index (χ1v) is 7.16. The molecule has 1 atom stereocenters. The van der Waals surface area contributed by atoms with Crippen LogP contribution in [0.5, 0.6) is 0 Å². The van der Waals surface area contributed by atoms with Crippen molar-refractivity contribution in [1.82, 2.24) is 0 Å². The Balaban J connectivity index is 2.31. The molecule has 0 heterocycles. The van der Waals surface area contributed by atoms with E-state index in [4.69, 9.17) is 5.73 Å². The highest BCUT2D eigenvalue weighted by atomic mass is 16.6. The summed E-state index contributed by atoms with van der Waals surface area (Å²) in [6.45, 7) is 4.35. The Bertz CT molecular complexity index is 569. The van der Waals surface area contributed by atoms with Crippen LogP contribution >= 0.6 is 0 Å². The minimum atomic E-state index is -0.664. The molecule has 114 valence electrons. The number of amides is 1. The van der Waals surface area contributed by atoms with E-state index in [9.17, 15) is 14.9 Å². The lowest BCUT2D eigenvalue weighted by molar-refractivity contribution is -0.384. The van der Waals surface area contributed by atoms with Crippen LogP contribution in [-0.2, 0) is 0 Å². The van der Waals surface area contributed by atoms with Crippen LogP contribution in [0, 0.1) is 15.5 Å². The second kappa shape index (κ2) is 5.71. The molecule has 0 aliphatic heterocycles. The fourth-order valence-electron chi connectivity index (χ4n) is 2.91. The number of hydrogen-bond acceptors (Lipinski definition) is 4. The van der Waals surface area contributed by atoms with Gasteiger partial charge < -0.3 is 11.1 Å². The standard InChI is InChI=1S/C15H21N3O3/c1-15(2)8-4-3-5-13(15)17-11-7-6-10(14(16)19)9-12(11)18(20)21/h6-7,9,13,17H,3-5,8H2,1-2H3,(H2,16,19). The fourth-order valence-corrected chi connectivity index (χ4v) is 2.91. The van der Waals surface area contributed by atoms with E-state index in [2.05, 4.69) is 19.2 Å². The lowest BCUT2D eigenvalue weighted by Crippen LogP contribution is -2.39. The molecule has 1 aliphatic carbocycles. The minimum absolute atomic E-state index is 0.0917. The molecule has 1 aromatic carbocycles. The van der Waals surface area contributed by atoms with Crippen molar-refractivity contribution < 1.29 is 9.72 Å². The first kappa shape index (κ1) is 15.3. The molecule has 1 saturated carbocycles. The van der Waals surface area contributed by atoms with Crippen molar-refractivity contribution in [3.63, 3.8) is 0 Å². The van der Waals surface area contributed by atoms with E-state index in [1.54, 1.807) is 6.07 Å². The monoisotopic (exact) mass is 291 g/mol. The maximum absolute atomic E-state index is 11.2. The van der Waals surface area contributed by atoms with Crippen LogP contribution in [0.1, 0.15) is 49.9 Å². The number of hydrogen-bond donors (Lipinski definition) is 2. The third-order valence-corrected chi connectivity index (χ3v) is 4.32. The summed E-state index contributed by atoms with van der Waals surface area (Å²) in [4.78, 5) is 21.9. The molecular formula is C15H21N3O3. The highest BCUT2D eigenvalue weighted by Crippen LogP contribution is 2.38. The maximum Gasteiger partial charge on any atom is 0.293 e. The number of carbonyl (C=O) groups is 1. The molecule has 0 saturated heterocycles. The van der Waals surface area contributed by atoms with Gasteiger partial charge >= 0.3 is 0 Å². The molecule has 6 heteroatoms. The van der Waals surface area contributed by atoms with Gasteiger partial charge in [0.2, 0.25) is 5.91 Å². The number of benzene rings is 1. The van der Waals surface area contributed by atoms with Crippen LogP contribution in [0.4, 0.5) is 11.4 Å². The van der Waals surface area contributed by atoms with Gasteiger partial charge in [-0.15, -0.1) is 0 Å². The van der Waals surface area contributed by atoms with Crippen LogP contribution in [-0.4, -0.2) is 16.9 Å². The molecule has 1 aromatic rings. The number of anilines is 1. The van der Waals surface area contributed by atoms with Crippen molar-refractivity contribution >= 4 is 17.3 Å². The molecule has 0 aromatic heterocycles. The molecular weight excluding hydrogens is 270 g/mol. The highest BCUT2D eigenvalue weighted by molar-refractivity contribution is 5.94.